The molecular weight excluding hydrogens is 851 g/mol. The highest BCUT2D eigenvalue weighted by Crippen LogP contribution is 2.19. The predicted molar refractivity (Wildman–Crippen MR) is 301 cm³/mol. The summed E-state index contributed by atoms with van der Waals surface area (Å²) in [5, 5.41) is 23.2. The van der Waals surface area contributed by atoms with Crippen LogP contribution < -0.4 is 5.32 Å². The van der Waals surface area contributed by atoms with Gasteiger partial charge in [-0.2, -0.15) is 0 Å². The fourth-order valence-corrected chi connectivity index (χ4v) is 10.3. The topological polar surface area (TPSA) is 95.9 Å². The summed E-state index contributed by atoms with van der Waals surface area (Å²) >= 11 is 0. The van der Waals surface area contributed by atoms with E-state index < -0.39 is 12.1 Å². The fourth-order valence-electron chi connectivity index (χ4n) is 10.3. The van der Waals surface area contributed by atoms with Gasteiger partial charge in [-0.1, -0.05) is 328 Å². The lowest BCUT2D eigenvalue weighted by atomic mass is 10.0. The van der Waals surface area contributed by atoms with E-state index in [2.05, 4.69) is 19.2 Å². The van der Waals surface area contributed by atoms with E-state index in [1.54, 1.807) is 0 Å². The number of aliphatic hydroxyl groups excluding tert-OH is 2. The van der Waals surface area contributed by atoms with E-state index in [0.29, 0.717) is 25.9 Å². The summed E-state index contributed by atoms with van der Waals surface area (Å²) in [7, 11) is 0. The van der Waals surface area contributed by atoms with Crippen molar-refractivity contribution in [2.45, 2.75) is 379 Å². The minimum atomic E-state index is -0.661. The summed E-state index contributed by atoms with van der Waals surface area (Å²) in [4.78, 5) is 24.5. The van der Waals surface area contributed by atoms with Gasteiger partial charge in [-0.15, -0.1) is 0 Å². The van der Waals surface area contributed by atoms with Crippen molar-refractivity contribution in [3.05, 3.63) is 0 Å². The Labute approximate surface area is 432 Å². The van der Waals surface area contributed by atoms with Gasteiger partial charge in [0.15, 0.2) is 0 Å². The first kappa shape index (κ1) is 67.9. The first-order chi connectivity index (χ1) is 34.0. The monoisotopic (exact) mass is 976 g/mol. The summed E-state index contributed by atoms with van der Waals surface area (Å²) in [6.07, 6.45) is 69.9. The van der Waals surface area contributed by atoms with E-state index >= 15 is 0 Å². The van der Waals surface area contributed by atoms with Crippen molar-refractivity contribution in [1.82, 2.24) is 5.32 Å². The highest BCUT2D eigenvalue weighted by molar-refractivity contribution is 5.76. The molecule has 0 aromatic heterocycles. The number of nitrogens with one attached hydrogen (secondary N) is 1. The van der Waals surface area contributed by atoms with Crippen molar-refractivity contribution in [1.29, 1.82) is 0 Å². The van der Waals surface area contributed by atoms with Crippen LogP contribution in [0.15, 0.2) is 0 Å². The number of amides is 1. The second-order valence-corrected chi connectivity index (χ2v) is 22.1. The summed E-state index contributed by atoms with van der Waals surface area (Å²) < 4.78 is 5.51. The van der Waals surface area contributed by atoms with E-state index in [1.165, 1.54) is 295 Å². The molecule has 69 heavy (non-hydrogen) atoms. The highest BCUT2D eigenvalue weighted by Gasteiger charge is 2.20. The Morgan fingerprint density at radius 1 is 0.348 bits per heavy atom. The number of hydrogen-bond acceptors (Lipinski definition) is 5. The van der Waals surface area contributed by atoms with E-state index in [1.807, 2.05) is 0 Å². The molecule has 2 unspecified atom stereocenters. The van der Waals surface area contributed by atoms with Crippen LogP contribution in [0.3, 0.4) is 0 Å². The Morgan fingerprint density at radius 3 is 0.884 bits per heavy atom. The van der Waals surface area contributed by atoms with Crippen LogP contribution in [0.2, 0.25) is 0 Å². The van der Waals surface area contributed by atoms with Gasteiger partial charge in [0, 0.05) is 12.8 Å². The third kappa shape index (κ3) is 56.0. The largest absolute Gasteiger partial charge is 0.466 e. The maximum absolute atomic E-state index is 12.4. The van der Waals surface area contributed by atoms with E-state index in [9.17, 15) is 19.8 Å². The Balaban J connectivity index is 3.31. The number of unbranched alkanes of at least 4 members (excludes halogenated alkanes) is 49. The second-order valence-electron chi connectivity index (χ2n) is 22.1. The van der Waals surface area contributed by atoms with Gasteiger partial charge in [-0.3, -0.25) is 9.59 Å². The third-order valence-corrected chi connectivity index (χ3v) is 15.2. The summed E-state index contributed by atoms with van der Waals surface area (Å²) in [6, 6.07) is -0.538. The fraction of sp³-hybridized carbons (Fsp3) is 0.968. The van der Waals surface area contributed by atoms with Gasteiger partial charge in [0.1, 0.15) is 0 Å². The molecule has 0 aliphatic carbocycles. The van der Waals surface area contributed by atoms with Crippen molar-refractivity contribution in [3.63, 3.8) is 0 Å². The van der Waals surface area contributed by atoms with Gasteiger partial charge in [-0.25, -0.2) is 0 Å². The van der Waals surface area contributed by atoms with Crippen LogP contribution in [0.4, 0.5) is 0 Å². The van der Waals surface area contributed by atoms with Gasteiger partial charge in [0.05, 0.1) is 25.4 Å². The zero-order valence-electron chi connectivity index (χ0n) is 47.1. The molecule has 3 N–H and O–H groups in total. The molecular formula is C63H125NO5. The average Bonchev–Trinajstić information content (AvgIpc) is 3.35. The quantitative estimate of drug-likeness (QED) is 0.0417. The molecule has 6 heteroatoms. The van der Waals surface area contributed by atoms with Crippen LogP contribution in [-0.4, -0.2) is 47.4 Å². The molecule has 0 bridgehead atoms. The third-order valence-electron chi connectivity index (χ3n) is 15.2. The predicted octanol–water partition coefficient (Wildman–Crippen LogP) is 19.9. The molecule has 0 saturated carbocycles. The smallest absolute Gasteiger partial charge is 0.305 e. The minimum absolute atomic E-state index is 0.0201. The molecule has 0 fully saturated rings. The van der Waals surface area contributed by atoms with Crippen LogP contribution in [0.5, 0.6) is 0 Å². The van der Waals surface area contributed by atoms with Crippen LogP contribution in [0, 0.1) is 0 Å². The average molecular weight is 977 g/mol. The Bertz CT molecular complexity index is 990. The maximum Gasteiger partial charge on any atom is 0.305 e. The number of aliphatic hydroxyl groups is 2. The maximum atomic E-state index is 12.4. The van der Waals surface area contributed by atoms with Crippen molar-refractivity contribution >= 4 is 11.9 Å². The molecule has 1 amide bonds. The Morgan fingerprint density at radius 2 is 0.594 bits per heavy atom. The summed E-state index contributed by atoms with van der Waals surface area (Å²) in [6.45, 7) is 4.97. The van der Waals surface area contributed by atoms with Crippen LogP contribution in [0.25, 0.3) is 0 Å². The van der Waals surface area contributed by atoms with Gasteiger partial charge < -0.3 is 20.3 Å². The lowest BCUT2D eigenvalue weighted by Crippen LogP contribution is -2.45. The molecule has 0 aromatic carbocycles. The van der Waals surface area contributed by atoms with Gasteiger partial charge >= 0.3 is 5.97 Å². The Kier molecular flexibility index (Phi) is 58.4. The number of rotatable bonds is 60. The second kappa shape index (κ2) is 59.4. The zero-order chi connectivity index (χ0) is 50.0. The van der Waals surface area contributed by atoms with Gasteiger partial charge in [0.25, 0.3) is 0 Å². The molecule has 6 nitrogen and oxygen atoms in total. The highest BCUT2D eigenvalue weighted by atomic mass is 16.5. The van der Waals surface area contributed by atoms with Crippen molar-refractivity contribution < 1.29 is 24.5 Å². The molecule has 0 spiro atoms. The van der Waals surface area contributed by atoms with Crippen molar-refractivity contribution in [2.24, 2.45) is 0 Å². The normalized spacial score (nSPS) is 12.5. The van der Waals surface area contributed by atoms with Crippen LogP contribution >= 0.6 is 0 Å². The summed E-state index contributed by atoms with van der Waals surface area (Å²) in [5.74, 6) is -0.0138. The van der Waals surface area contributed by atoms with Crippen molar-refractivity contribution in [2.75, 3.05) is 13.2 Å². The molecule has 0 heterocycles. The van der Waals surface area contributed by atoms with E-state index in [-0.39, 0.29) is 18.5 Å². The first-order valence-corrected chi connectivity index (χ1v) is 31.8. The van der Waals surface area contributed by atoms with Crippen LogP contribution in [-0.2, 0) is 14.3 Å². The number of ether oxygens (including phenoxy) is 1. The first-order valence-electron chi connectivity index (χ1n) is 31.8. The standard InChI is InChI=1S/C63H125NO5/c1-3-5-7-9-11-13-15-16-17-18-24-28-31-34-37-41-45-49-53-57-63(68)69-58-54-50-46-42-38-35-32-29-26-23-21-19-20-22-25-27-30-33-36-40-44-48-52-56-62(67)64-60(59-65)61(66)55-51-47-43-39-14-12-10-8-6-4-2/h60-61,65-66H,3-59H2,1-2H3,(H,64,67). The lowest BCUT2D eigenvalue weighted by Gasteiger charge is -2.22. The van der Waals surface area contributed by atoms with E-state index in [4.69, 9.17) is 4.74 Å². The number of hydrogen-bond donors (Lipinski definition) is 3. The zero-order valence-corrected chi connectivity index (χ0v) is 47.1. The summed E-state index contributed by atoms with van der Waals surface area (Å²) in [5.41, 5.74) is 0. The molecule has 0 radical (unpaired) electrons. The van der Waals surface area contributed by atoms with Crippen LogP contribution in [0.1, 0.15) is 367 Å². The molecule has 0 rings (SSSR count). The molecule has 0 saturated heterocycles. The molecule has 0 aromatic rings. The van der Waals surface area contributed by atoms with Gasteiger partial charge in [0.2, 0.25) is 5.91 Å². The molecule has 2 atom stereocenters. The number of esters is 1. The van der Waals surface area contributed by atoms with E-state index in [0.717, 1.165) is 38.5 Å². The molecule has 0 aliphatic rings. The van der Waals surface area contributed by atoms with Gasteiger partial charge in [-0.05, 0) is 25.7 Å². The lowest BCUT2D eigenvalue weighted by molar-refractivity contribution is -0.143. The number of carbonyl (C=O) groups is 2. The van der Waals surface area contributed by atoms with Crippen molar-refractivity contribution in [3.8, 4) is 0 Å². The minimum Gasteiger partial charge on any atom is -0.466 e. The molecule has 412 valence electrons. The number of carbonyl (C=O) groups excluding carboxylic acids is 2. The molecule has 0 aliphatic heterocycles. The SMILES string of the molecule is CCCCCCCCCCCCCCCCCCCCCC(=O)OCCCCCCCCCCCCCCCCCCCCCCCCCC(=O)NC(CO)C(O)CCCCCCCCCCCC. The Hall–Kier alpha value is -1.14.